The summed E-state index contributed by atoms with van der Waals surface area (Å²) in [7, 11) is 0. The lowest BCUT2D eigenvalue weighted by Crippen LogP contribution is -2.16. The van der Waals surface area contributed by atoms with Gasteiger partial charge in [-0.05, 0) is 90.5 Å². The van der Waals surface area contributed by atoms with Crippen LogP contribution in [0.25, 0.3) is 11.1 Å². The van der Waals surface area contributed by atoms with Crippen LogP contribution in [0.1, 0.15) is 68.6 Å². The van der Waals surface area contributed by atoms with Gasteiger partial charge in [-0.15, -0.1) is 0 Å². The summed E-state index contributed by atoms with van der Waals surface area (Å²) in [6, 6.07) is 15.7. The van der Waals surface area contributed by atoms with E-state index in [-0.39, 0.29) is 16.1 Å². The van der Waals surface area contributed by atoms with Crippen LogP contribution in [0.5, 0.6) is 0 Å². The molecule has 0 saturated heterocycles. The van der Waals surface area contributed by atoms with Gasteiger partial charge < -0.3 is 0 Å². The minimum absolute atomic E-state index is 0.0676. The van der Waals surface area contributed by atoms with Crippen molar-refractivity contribution < 1.29 is 13.2 Å². The maximum Gasteiger partial charge on any atom is 0.142 e. The number of benzene rings is 3. The van der Waals surface area contributed by atoms with Crippen molar-refractivity contribution in [3.05, 3.63) is 93.8 Å². The zero-order valence-corrected chi connectivity index (χ0v) is 21.2. The van der Waals surface area contributed by atoms with Crippen molar-refractivity contribution in [2.45, 2.75) is 71.1 Å². The van der Waals surface area contributed by atoms with E-state index in [2.05, 4.69) is 31.2 Å². The van der Waals surface area contributed by atoms with E-state index in [0.717, 1.165) is 31.2 Å². The molecule has 0 heterocycles. The maximum atomic E-state index is 14.7. The lowest BCUT2D eigenvalue weighted by atomic mass is 9.77. The van der Waals surface area contributed by atoms with Crippen molar-refractivity contribution >= 4 is 11.6 Å². The molecule has 1 aliphatic carbocycles. The molecule has 0 radical (unpaired) electrons. The number of hydrogen-bond donors (Lipinski definition) is 0. The van der Waals surface area contributed by atoms with E-state index >= 15 is 0 Å². The molecular weight excluding hydrogens is 465 g/mol. The standard InChI is InChI=1S/C31H34ClF3/c1-2-3-21-4-6-22(7-5-21)8-9-23-10-12-24(13-11-23)14-15-25-18-29(34)31(30(35)19-25)26-16-17-27(32)28(33)20-26/h4-7,16-20,23-24H,2-3,8-15H2,1H3. The molecule has 1 aliphatic rings. The van der Waals surface area contributed by atoms with Gasteiger partial charge in [-0.2, -0.15) is 0 Å². The third kappa shape index (κ3) is 6.91. The Morgan fingerprint density at radius 2 is 1.17 bits per heavy atom. The predicted octanol–water partition coefficient (Wildman–Crippen LogP) is 9.75. The summed E-state index contributed by atoms with van der Waals surface area (Å²) in [6.07, 6.45) is 11.2. The molecular formula is C31H34ClF3. The van der Waals surface area contributed by atoms with E-state index in [4.69, 9.17) is 11.6 Å². The van der Waals surface area contributed by atoms with E-state index in [1.165, 1.54) is 73.9 Å². The molecule has 0 spiro atoms. The Morgan fingerprint density at radius 3 is 1.69 bits per heavy atom. The summed E-state index contributed by atoms with van der Waals surface area (Å²) >= 11 is 5.69. The quantitative estimate of drug-likeness (QED) is 0.275. The predicted molar refractivity (Wildman–Crippen MR) is 139 cm³/mol. The highest BCUT2D eigenvalue weighted by molar-refractivity contribution is 6.30. The smallest absolute Gasteiger partial charge is 0.142 e. The number of rotatable bonds is 9. The highest BCUT2D eigenvalue weighted by Crippen LogP contribution is 2.35. The number of halogens is 4. The van der Waals surface area contributed by atoms with Crippen LogP contribution in [0.15, 0.2) is 54.6 Å². The minimum Gasteiger partial charge on any atom is -0.206 e. The molecule has 0 atom stereocenters. The normalized spacial score (nSPS) is 18.1. The summed E-state index contributed by atoms with van der Waals surface area (Å²) < 4.78 is 43.2. The molecule has 0 nitrogen and oxygen atoms in total. The monoisotopic (exact) mass is 498 g/mol. The SMILES string of the molecule is CCCc1ccc(CCC2CCC(CCc3cc(F)c(-c4ccc(Cl)c(F)c4)c(F)c3)CC2)cc1. The van der Waals surface area contributed by atoms with E-state index < -0.39 is 17.5 Å². The lowest BCUT2D eigenvalue weighted by Gasteiger charge is -2.28. The molecule has 1 saturated carbocycles. The molecule has 35 heavy (non-hydrogen) atoms. The Labute approximate surface area is 212 Å². The molecule has 0 aromatic heterocycles. The largest absolute Gasteiger partial charge is 0.206 e. The summed E-state index contributed by atoms with van der Waals surface area (Å²) in [4.78, 5) is 0. The first-order chi connectivity index (χ1) is 16.9. The lowest BCUT2D eigenvalue weighted by molar-refractivity contribution is 0.253. The first kappa shape index (κ1) is 25.8. The van der Waals surface area contributed by atoms with E-state index in [1.54, 1.807) is 0 Å². The van der Waals surface area contributed by atoms with Gasteiger partial charge in [0.05, 0.1) is 10.6 Å². The van der Waals surface area contributed by atoms with Crippen LogP contribution < -0.4 is 0 Å². The minimum atomic E-state index is -0.687. The molecule has 0 aliphatic heterocycles. The Balaban J connectivity index is 1.25. The second-order valence-electron chi connectivity index (χ2n) is 10.1. The topological polar surface area (TPSA) is 0 Å². The van der Waals surface area contributed by atoms with Gasteiger partial charge in [0.2, 0.25) is 0 Å². The van der Waals surface area contributed by atoms with Crippen LogP contribution in [0.3, 0.4) is 0 Å². The Kier molecular flexibility index (Phi) is 8.94. The summed E-state index contributed by atoms with van der Waals surface area (Å²) in [6.45, 7) is 2.21. The first-order valence-corrected chi connectivity index (χ1v) is 13.3. The van der Waals surface area contributed by atoms with Gasteiger partial charge in [-0.3, -0.25) is 0 Å². The fourth-order valence-electron chi connectivity index (χ4n) is 5.41. The molecule has 0 amide bonds. The van der Waals surface area contributed by atoms with E-state index in [0.29, 0.717) is 17.9 Å². The van der Waals surface area contributed by atoms with Crippen LogP contribution in [0.2, 0.25) is 5.02 Å². The second kappa shape index (κ2) is 12.1. The fourth-order valence-corrected chi connectivity index (χ4v) is 5.53. The van der Waals surface area contributed by atoms with E-state index in [1.807, 2.05) is 0 Å². The van der Waals surface area contributed by atoms with Gasteiger partial charge in [0.25, 0.3) is 0 Å². The second-order valence-corrected chi connectivity index (χ2v) is 10.5. The van der Waals surface area contributed by atoms with Crippen molar-refractivity contribution in [2.75, 3.05) is 0 Å². The molecule has 0 unspecified atom stereocenters. The zero-order chi connectivity index (χ0) is 24.8. The maximum absolute atomic E-state index is 14.7. The van der Waals surface area contributed by atoms with Crippen molar-refractivity contribution in [1.82, 2.24) is 0 Å². The molecule has 4 heteroatoms. The van der Waals surface area contributed by atoms with Gasteiger partial charge >= 0.3 is 0 Å². The van der Waals surface area contributed by atoms with Gasteiger partial charge in [-0.25, -0.2) is 13.2 Å². The summed E-state index contributed by atoms with van der Waals surface area (Å²) in [5.74, 6) is -0.625. The van der Waals surface area contributed by atoms with Crippen LogP contribution in [-0.4, -0.2) is 0 Å². The van der Waals surface area contributed by atoms with Crippen molar-refractivity contribution in [3.63, 3.8) is 0 Å². The van der Waals surface area contributed by atoms with Crippen molar-refractivity contribution in [1.29, 1.82) is 0 Å². The van der Waals surface area contributed by atoms with Crippen molar-refractivity contribution in [3.8, 4) is 11.1 Å². The van der Waals surface area contributed by atoms with E-state index in [9.17, 15) is 13.2 Å². The Hall–Kier alpha value is -2.26. The number of hydrogen-bond acceptors (Lipinski definition) is 0. The van der Waals surface area contributed by atoms with Crippen LogP contribution >= 0.6 is 11.6 Å². The number of aryl methyl sites for hydroxylation is 3. The van der Waals surface area contributed by atoms with Crippen molar-refractivity contribution in [2.24, 2.45) is 11.8 Å². The van der Waals surface area contributed by atoms with Gasteiger partial charge in [0.15, 0.2) is 0 Å². The van der Waals surface area contributed by atoms with Gasteiger partial charge in [-0.1, -0.05) is 81.0 Å². The van der Waals surface area contributed by atoms with Crippen LogP contribution in [0.4, 0.5) is 13.2 Å². The average Bonchev–Trinajstić information content (AvgIpc) is 2.85. The fraction of sp³-hybridized carbons (Fsp3) is 0.419. The Morgan fingerprint density at radius 1 is 0.657 bits per heavy atom. The average molecular weight is 499 g/mol. The molecule has 186 valence electrons. The Bertz CT molecular complexity index is 1090. The third-order valence-electron chi connectivity index (χ3n) is 7.52. The molecule has 0 bridgehead atoms. The molecule has 4 rings (SSSR count). The summed E-state index contributed by atoms with van der Waals surface area (Å²) in [5.41, 5.74) is 3.46. The highest BCUT2D eigenvalue weighted by atomic mass is 35.5. The van der Waals surface area contributed by atoms with Crippen LogP contribution in [-0.2, 0) is 19.3 Å². The van der Waals surface area contributed by atoms with Gasteiger partial charge in [0.1, 0.15) is 17.5 Å². The molecule has 3 aromatic rings. The third-order valence-corrected chi connectivity index (χ3v) is 7.83. The molecule has 3 aromatic carbocycles. The van der Waals surface area contributed by atoms with Gasteiger partial charge in [0, 0.05) is 0 Å². The summed E-state index contributed by atoms with van der Waals surface area (Å²) in [5, 5.41) is -0.0676. The molecule has 0 N–H and O–H groups in total. The highest BCUT2D eigenvalue weighted by Gasteiger charge is 2.22. The zero-order valence-electron chi connectivity index (χ0n) is 20.4. The first-order valence-electron chi connectivity index (χ1n) is 12.9. The van der Waals surface area contributed by atoms with Crippen LogP contribution in [0, 0.1) is 29.3 Å². The molecule has 1 fully saturated rings.